The number of halogens is 2. The molecule has 22 heavy (non-hydrogen) atoms. The van der Waals surface area contributed by atoms with Gasteiger partial charge in [-0.1, -0.05) is 6.92 Å². The van der Waals surface area contributed by atoms with E-state index in [-0.39, 0.29) is 17.7 Å². The summed E-state index contributed by atoms with van der Waals surface area (Å²) >= 11 is 1.12. The molecule has 1 aliphatic heterocycles. The minimum absolute atomic E-state index is 0.0105. The van der Waals surface area contributed by atoms with Crippen LogP contribution in [0.3, 0.4) is 0 Å². The fraction of sp³-hybridized carbons (Fsp3) is 0.562. The molecule has 0 radical (unpaired) electrons. The van der Waals surface area contributed by atoms with E-state index in [1.165, 1.54) is 12.1 Å². The lowest BCUT2D eigenvalue weighted by Crippen LogP contribution is -2.46. The van der Waals surface area contributed by atoms with Gasteiger partial charge >= 0.3 is 0 Å². The van der Waals surface area contributed by atoms with Crippen LogP contribution in [0.4, 0.5) is 8.78 Å². The number of rotatable bonds is 5. The first-order valence-corrected chi connectivity index (χ1v) is 8.55. The molecule has 1 saturated heterocycles. The molecule has 0 atom stereocenters. The summed E-state index contributed by atoms with van der Waals surface area (Å²) in [4.78, 5) is 16.7. The van der Waals surface area contributed by atoms with Crippen LogP contribution >= 0.6 is 11.8 Å². The van der Waals surface area contributed by atoms with Gasteiger partial charge in [0.2, 0.25) is 5.91 Å². The topological polar surface area (TPSA) is 23.6 Å². The van der Waals surface area contributed by atoms with E-state index in [9.17, 15) is 13.6 Å². The Morgan fingerprint density at radius 1 is 1.36 bits per heavy atom. The second kappa shape index (κ2) is 7.92. The Bertz CT molecular complexity index is 519. The van der Waals surface area contributed by atoms with E-state index < -0.39 is 11.6 Å². The molecule has 122 valence electrons. The quantitative estimate of drug-likeness (QED) is 0.777. The van der Waals surface area contributed by atoms with Crippen molar-refractivity contribution in [3.63, 3.8) is 0 Å². The molecule has 1 heterocycles. The van der Waals surface area contributed by atoms with E-state index in [1.54, 1.807) is 4.90 Å². The number of likely N-dealkylation sites (tertiary alicyclic amines) is 1. The molecular formula is C16H22F2N2OS. The molecule has 3 nitrogen and oxygen atoms in total. The molecular weight excluding hydrogens is 306 g/mol. The Morgan fingerprint density at radius 3 is 2.64 bits per heavy atom. The smallest absolute Gasteiger partial charge is 0.232 e. The van der Waals surface area contributed by atoms with Crippen LogP contribution < -0.4 is 0 Å². The third-order valence-corrected chi connectivity index (χ3v) is 5.22. The zero-order chi connectivity index (χ0) is 16.1. The van der Waals surface area contributed by atoms with Gasteiger partial charge < -0.3 is 9.80 Å². The molecule has 1 amide bonds. The zero-order valence-corrected chi connectivity index (χ0v) is 13.8. The maximum Gasteiger partial charge on any atom is 0.232 e. The number of thioether (sulfide) groups is 1. The monoisotopic (exact) mass is 328 g/mol. The lowest BCUT2D eigenvalue weighted by atomic mass is 10.0. The standard InChI is InChI=1S/C16H22F2N2OS/c1-3-20-8-6-13(7-9-20)19(2)16(21)11-22-15-5-4-12(17)10-14(15)18/h4-5,10,13H,3,6-9,11H2,1-2H3. The van der Waals surface area contributed by atoms with E-state index in [2.05, 4.69) is 11.8 Å². The van der Waals surface area contributed by atoms with E-state index in [4.69, 9.17) is 0 Å². The number of hydrogen-bond donors (Lipinski definition) is 0. The number of nitrogens with zero attached hydrogens (tertiary/aromatic N) is 2. The third kappa shape index (κ3) is 4.43. The van der Waals surface area contributed by atoms with Crippen LogP contribution in [0.25, 0.3) is 0 Å². The summed E-state index contributed by atoms with van der Waals surface area (Å²) in [6.45, 7) is 5.21. The van der Waals surface area contributed by atoms with Gasteiger partial charge in [-0.05, 0) is 31.5 Å². The van der Waals surface area contributed by atoms with Gasteiger partial charge in [-0.15, -0.1) is 11.8 Å². The predicted molar refractivity (Wildman–Crippen MR) is 85.0 cm³/mol. The van der Waals surface area contributed by atoms with Gasteiger partial charge in [0, 0.05) is 37.1 Å². The Balaban J connectivity index is 1.84. The molecule has 1 aliphatic rings. The van der Waals surface area contributed by atoms with Crippen molar-refractivity contribution in [3.05, 3.63) is 29.8 Å². The number of benzene rings is 1. The highest BCUT2D eigenvalue weighted by atomic mass is 32.2. The average molecular weight is 328 g/mol. The number of amides is 1. The van der Waals surface area contributed by atoms with Crippen molar-refractivity contribution in [2.75, 3.05) is 32.4 Å². The minimum Gasteiger partial charge on any atom is -0.342 e. The second-order valence-electron chi connectivity index (χ2n) is 5.53. The molecule has 0 bridgehead atoms. The van der Waals surface area contributed by atoms with E-state index in [1.807, 2.05) is 7.05 Å². The Morgan fingerprint density at radius 2 is 2.05 bits per heavy atom. The lowest BCUT2D eigenvalue weighted by Gasteiger charge is -2.36. The van der Waals surface area contributed by atoms with Gasteiger partial charge in [0.25, 0.3) is 0 Å². The van der Waals surface area contributed by atoms with E-state index in [0.29, 0.717) is 4.90 Å². The summed E-state index contributed by atoms with van der Waals surface area (Å²) in [6, 6.07) is 3.69. The van der Waals surface area contributed by atoms with Crippen molar-refractivity contribution in [1.82, 2.24) is 9.80 Å². The number of hydrogen-bond acceptors (Lipinski definition) is 3. The van der Waals surface area contributed by atoms with Gasteiger partial charge in [-0.25, -0.2) is 8.78 Å². The fourth-order valence-corrected chi connectivity index (χ4v) is 3.50. The molecule has 0 saturated carbocycles. The normalized spacial score (nSPS) is 16.7. The van der Waals surface area contributed by atoms with Crippen molar-refractivity contribution in [1.29, 1.82) is 0 Å². The highest BCUT2D eigenvalue weighted by Gasteiger charge is 2.24. The lowest BCUT2D eigenvalue weighted by molar-refractivity contribution is -0.129. The molecule has 0 spiro atoms. The highest BCUT2D eigenvalue weighted by molar-refractivity contribution is 8.00. The first-order valence-electron chi connectivity index (χ1n) is 7.57. The molecule has 0 unspecified atom stereocenters. The second-order valence-corrected chi connectivity index (χ2v) is 6.55. The Labute approximate surface area is 134 Å². The minimum atomic E-state index is -0.614. The molecule has 0 aliphatic carbocycles. The van der Waals surface area contributed by atoms with E-state index >= 15 is 0 Å². The molecule has 0 N–H and O–H groups in total. The van der Waals surface area contributed by atoms with Gasteiger partial charge in [0.15, 0.2) is 0 Å². The molecule has 6 heteroatoms. The van der Waals surface area contributed by atoms with E-state index in [0.717, 1.165) is 50.3 Å². The van der Waals surface area contributed by atoms with Crippen LogP contribution in [-0.4, -0.2) is 54.2 Å². The molecule has 1 aromatic carbocycles. The van der Waals surface area contributed by atoms with Crippen LogP contribution in [0.15, 0.2) is 23.1 Å². The molecule has 0 aromatic heterocycles. The summed E-state index contributed by atoms with van der Waals surface area (Å²) in [5.74, 6) is -1.05. The van der Waals surface area contributed by atoms with Gasteiger partial charge in [0.05, 0.1) is 5.75 Å². The zero-order valence-electron chi connectivity index (χ0n) is 13.0. The number of carbonyl (C=O) groups is 1. The molecule has 2 rings (SSSR count). The number of piperidine rings is 1. The molecule has 1 fully saturated rings. The average Bonchev–Trinajstić information content (AvgIpc) is 2.53. The van der Waals surface area contributed by atoms with Crippen LogP contribution in [0.2, 0.25) is 0 Å². The summed E-state index contributed by atoms with van der Waals surface area (Å²) in [6.07, 6.45) is 1.96. The maximum absolute atomic E-state index is 13.5. The van der Waals surface area contributed by atoms with Crippen molar-refractivity contribution in [2.24, 2.45) is 0 Å². The van der Waals surface area contributed by atoms with Crippen LogP contribution in [0.1, 0.15) is 19.8 Å². The third-order valence-electron chi connectivity index (χ3n) is 4.19. The SMILES string of the molecule is CCN1CCC(N(C)C(=O)CSc2ccc(F)cc2F)CC1. The summed E-state index contributed by atoms with van der Waals surface area (Å²) in [5.41, 5.74) is 0. The Kier molecular flexibility index (Phi) is 6.20. The van der Waals surface area contributed by atoms with Crippen LogP contribution in [-0.2, 0) is 4.79 Å². The largest absolute Gasteiger partial charge is 0.342 e. The van der Waals surface area contributed by atoms with Gasteiger partial charge in [-0.2, -0.15) is 0 Å². The summed E-state index contributed by atoms with van der Waals surface area (Å²) < 4.78 is 26.4. The van der Waals surface area contributed by atoms with Gasteiger partial charge in [-0.3, -0.25) is 4.79 Å². The fourth-order valence-electron chi connectivity index (χ4n) is 2.66. The summed E-state index contributed by atoms with van der Waals surface area (Å²) in [7, 11) is 1.82. The van der Waals surface area contributed by atoms with Crippen LogP contribution in [0.5, 0.6) is 0 Å². The Hall–Kier alpha value is -1.14. The molecule has 1 aromatic rings. The highest BCUT2D eigenvalue weighted by Crippen LogP contribution is 2.23. The van der Waals surface area contributed by atoms with Crippen molar-refractivity contribution in [3.8, 4) is 0 Å². The van der Waals surface area contributed by atoms with Gasteiger partial charge in [0.1, 0.15) is 11.6 Å². The summed E-state index contributed by atoms with van der Waals surface area (Å²) in [5, 5.41) is 0. The van der Waals surface area contributed by atoms with Crippen LogP contribution in [0, 0.1) is 11.6 Å². The predicted octanol–water partition coefficient (Wildman–Crippen LogP) is 3.00. The number of carbonyl (C=O) groups excluding carboxylic acids is 1. The maximum atomic E-state index is 13.5. The first-order chi connectivity index (χ1) is 10.5. The van der Waals surface area contributed by atoms with Crippen molar-refractivity contribution < 1.29 is 13.6 Å². The van der Waals surface area contributed by atoms with Crippen molar-refractivity contribution in [2.45, 2.75) is 30.7 Å². The first kappa shape index (κ1) is 17.2. The van der Waals surface area contributed by atoms with Crippen molar-refractivity contribution >= 4 is 17.7 Å².